The summed E-state index contributed by atoms with van der Waals surface area (Å²) in [4.78, 5) is 11.1. The number of aliphatic hydroxyl groups excluding tert-OH is 1. The maximum absolute atomic E-state index is 11.7. The number of alkyl halides is 3. The number of aliphatic hydroxyl groups is 1. The molecule has 0 heterocycles. The number of hydrogen-bond acceptors (Lipinski definition) is 3. The summed E-state index contributed by atoms with van der Waals surface area (Å²) in [5.41, 5.74) is 0. The molecule has 0 radical (unpaired) electrons. The Morgan fingerprint density at radius 2 is 2.00 bits per heavy atom. The van der Waals surface area contributed by atoms with E-state index in [2.05, 4.69) is 15.4 Å². The molecule has 5 nitrogen and oxygen atoms in total. The molecule has 0 aliphatic carbocycles. The number of halogens is 3. The van der Waals surface area contributed by atoms with Gasteiger partial charge in [-0.1, -0.05) is 0 Å². The van der Waals surface area contributed by atoms with Crippen LogP contribution in [0.2, 0.25) is 0 Å². The Kier molecular flexibility index (Phi) is 6.89. The van der Waals surface area contributed by atoms with Gasteiger partial charge in [0, 0.05) is 6.54 Å². The van der Waals surface area contributed by atoms with Gasteiger partial charge in [-0.05, 0) is 13.8 Å². The normalized spacial score (nSPS) is 15.2. The third-order valence-corrected chi connectivity index (χ3v) is 1.57. The standard InChI is InChI=1S/C9H17F3N2O3/c1-6(4-17-5-9(10,11)12)14-8(16)13-3-7(2)15/h6-7,15H,3-5H2,1-2H3,(H2,13,14,16)/t6-,7+/m0/s1. The van der Waals surface area contributed by atoms with Crippen molar-refractivity contribution in [1.82, 2.24) is 10.6 Å². The van der Waals surface area contributed by atoms with Crippen molar-refractivity contribution in [2.24, 2.45) is 0 Å². The topological polar surface area (TPSA) is 70.6 Å². The van der Waals surface area contributed by atoms with E-state index in [-0.39, 0.29) is 13.2 Å². The van der Waals surface area contributed by atoms with Gasteiger partial charge >= 0.3 is 12.2 Å². The molecule has 0 spiro atoms. The monoisotopic (exact) mass is 258 g/mol. The highest BCUT2D eigenvalue weighted by molar-refractivity contribution is 5.74. The molecular weight excluding hydrogens is 241 g/mol. The molecule has 2 atom stereocenters. The van der Waals surface area contributed by atoms with Gasteiger partial charge in [-0.3, -0.25) is 0 Å². The lowest BCUT2D eigenvalue weighted by Crippen LogP contribution is -2.44. The van der Waals surface area contributed by atoms with Crippen molar-refractivity contribution in [3.05, 3.63) is 0 Å². The van der Waals surface area contributed by atoms with Crippen LogP contribution in [0.1, 0.15) is 13.8 Å². The van der Waals surface area contributed by atoms with Gasteiger partial charge in [-0.25, -0.2) is 4.79 Å². The quantitative estimate of drug-likeness (QED) is 0.654. The predicted molar refractivity (Wildman–Crippen MR) is 54.6 cm³/mol. The van der Waals surface area contributed by atoms with E-state index >= 15 is 0 Å². The second-order valence-electron chi connectivity index (χ2n) is 3.73. The predicted octanol–water partition coefficient (Wildman–Crippen LogP) is 0.634. The molecule has 0 aromatic rings. The lowest BCUT2D eigenvalue weighted by molar-refractivity contribution is -0.174. The van der Waals surface area contributed by atoms with Gasteiger partial charge in [0.05, 0.1) is 18.8 Å². The van der Waals surface area contributed by atoms with Crippen molar-refractivity contribution in [3.63, 3.8) is 0 Å². The van der Waals surface area contributed by atoms with Crippen LogP contribution >= 0.6 is 0 Å². The summed E-state index contributed by atoms with van der Waals surface area (Å²) in [5, 5.41) is 13.6. The first-order valence-corrected chi connectivity index (χ1v) is 5.07. The highest BCUT2D eigenvalue weighted by Crippen LogP contribution is 2.14. The van der Waals surface area contributed by atoms with Gasteiger partial charge in [-0.15, -0.1) is 0 Å². The Bertz CT molecular complexity index is 234. The summed E-state index contributed by atoms with van der Waals surface area (Å²) < 4.78 is 39.5. The number of amides is 2. The molecule has 0 bridgehead atoms. The number of hydrogen-bond donors (Lipinski definition) is 3. The molecule has 0 aliphatic rings. The Morgan fingerprint density at radius 1 is 1.41 bits per heavy atom. The Hall–Kier alpha value is -1.02. The first kappa shape index (κ1) is 16.0. The van der Waals surface area contributed by atoms with Crippen molar-refractivity contribution in [1.29, 1.82) is 0 Å². The van der Waals surface area contributed by atoms with E-state index in [1.54, 1.807) is 0 Å². The molecule has 0 aromatic carbocycles. The SMILES string of the molecule is C[C@@H](O)CNC(=O)N[C@@H](C)COCC(F)(F)F. The lowest BCUT2D eigenvalue weighted by atomic mass is 10.3. The average Bonchev–Trinajstić information content (AvgIpc) is 2.12. The fourth-order valence-electron chi connectivity index (χ4n) is 0.908. The maximum atomic E-state index is 11.7. The maximum Gasteiger partial charge on any atom is 0.411 e. The van der Waals surface area contributed by atoms with E-state index in [1.807, 2.05) is 0 Å². The Balaban J connectivity index is 3.64. The van der Waals surface area contributed by atoms with E-state index < -0.39 is 31.0 Å². The molecule has 0 fully saturated rings. The van der Waals surface area contributed by atoms with Crippen molar-refractivity contribution in [3.8, 4) is 0 Å². The number of nitrogens with one attached hydrogen (secondary N) is 2. The van der Waals surface area contributed by atoms with Gasteiger partial charge < -0.3 is 20.5 Å². The number of ether oxygens (including phenoxy) is 1. The number of urea groups is 1. The van der Waals surface area contributed by atoms with Crippen LogP contribution in [-0.4, -0.2) is 49.2 Å². The molecule has 0 aromatic heterocycles. The van der Waals surface area contributed by atoms with Gasteiger partial charge in [0.25, 0.3) is 0 Å². The van der Waals surface area contributed by atoms with Gasteiger partial charge in [-0.2, -0.15) is 13.2 Å². The summed E-state index contributed by atoms with van der Waals surface area (Å²) >= 11 is 0. The molecule has 0 aliphatic heterocycles. The van der Waals surface area contributed by atoms with E-state index in [4.69, 9.17) is 5.11 Å². The third kappa shape index (κ3) is 11.2. The minimum absolute atomic E-state index is 0.0714. The average molecular weight is 258 g/mol. The van der Waals surface area contributed by atoms with Crippen LogP contribution in [0.25, 0.3) is 0 Å². The van der Waals surface area contributed by atoms with E-state index in [0.717, 1.165) is 0 Å². The number of rotatable bonds is 6. The molecule has 17 heavy (non-hydrogen) atoms. The van der Waals surface area contributed by atoms with E-state index in [0.29, 0.717) is 0 Å². The zero-order chi connectivity index (χ0) is 13.5. The van der Waals surface area contributed by atoms with Crippen molar-refractivity contribution in [2.75, 3.05) is 19.8 Å². The molecule has 102 valence electrons. The first-order chi connectivity index (χ1) is 7.70. The summed E-state index contributed by atoms with van der Waals surface area (Å²) in [5.74, 6) is 0. The third-order valence-electron chi connectivity index (χ3n) is 1.57. The van der Waals surface area contributed by atoms with Crippen molar-refractivity contribution in [2.45, 2.75) is 32.2 Å². The van der Waals surface area contributed by atoms with Crippen LogP contribution in [0.4, 0.5) is 18.0 Å². The fourth-order valence-corrected chi connectivity index (χ4v) is 0.908. The van der Waals surface area contributed by atoms with Gasteiger partial charge in [0.15, 0.2) is 0 Å². The Labute approximate surface area is 97.3 Å². The second-order valence-corrected chi connectivity index (χ2v) is 3.73. The first-order valence-electron chi connectivity index (χ1n) is 5.07. The van der Waals surface area contributed by atoms with Crippen molar-refractivity contribution >= 4 is 6.03 Å². The zero-order valence-corrected chi connectivity index (χ0v) is 9.67. The summed E-state index contributed by atoms with van der Waals surface area (Å²) in [6.07, 6.45) is -5.05. The molecule has 0 rings (SSSR count). The zero-order valence-electron chi connectivity index (χ0n) is 9.67. The van der Waals surface area contributed by atoms with Crippen LogP contribution in [0.5, 0.6) is 0 Å². The van der Waals surface area contributed by atoms with Crippen LogP contribution in [0.3, 0.4) is 0 Å². The summed E-state index contributed by atoms with van der Waals surface area (Å²) in [7, 11) is 0. The fraction of sp³-hybridized carbons (Fsp3) is 0.889. The minimum Gasteiger partial charge on any atom is -0.392 e. The largest absolute Gasteiger partial charge is 0.411 e. The van der Waals surface area contributed by atoms with Crippen LogP contribution in [0, 0.1) is 0 Å². The lowest BCUT2D eigenvalue weighted by Gasteiger charge is -2.16. The van der Waals surface area contributed by atoms with Gasteiger partial charge in [0.2, 0.25) is 0 Å². The highest BCUT2D eigenvalue weighted by atomic mass is 19.4. The highest BCUT2D eigenvalue weighted by Gasteiger charge is 2.27. The number of carbonyl (C=O) groups excluding carboxylic acids is 1. The second kappa shape index (κ2) is 7.33. The van der Waals surface area contributed by atoms with Gasteiger partial charge in [0.1, 0.15) is 6.61 Å². The van der Waals surface area contributed by atoms with Crippen LogP contribution in [-0.2, 0) is 4.74 Å². The molecule has 0 saturated carbocycles. The van der Waals surface area contributed by atoms with E-state index in [1.165, 1.54) is 13.8 Å². The smallest absolute Gasteiger partial charge is 0.392 e. The number of carbonyl (C=O) groups is 1. The molecular formula is C9H17F3N2O3. The van der Waals surface area contributed by atoms with Crippen LogP contribution in [0.15, 0.2) is 0 Å². The van der Waals surface area contributed by atoms with E-state index in [9.17, 15) is 18.0 Å². The van der Waals surface area contributed by atoms with Crippen LogP contribution < -0.4 is 10.6 Å². The molecule has 3 N–H and O–H groups in total. The summed E-state index contributed by atoms with van der Waals surface area (Å²) in [6.45, 7) is 1.51. The molecule has 8 heteroatoms. The molecule has 2 amide bonds. The van der Waals surface area contributed by atoms with Crippen molar-refractivity contribution < 1.29 is 27.8 Å². The summed E-state index contributed by atoms with van der Waals surface area (Å²) in [6, 6.07) is -1.11. The molecule has 0 unspecified atom stereocenters. The molecule has 0 saturated heterocycles. The minimum atomic E-state index is -4.37. The Morgan fingerprint density at radius 3 is 2.47 bits per heavy atom.